The summed E-state index contributed by atoms with van der Waals surface area (Å²) in [6, 6.07) is 9.64. The molecule has 3 aromatic rings. The Balaban J connectivity index is 2.09. The highest BCUT2D eigenvalue weighted by Crippen LogP contribution is 2.32. The number of rotatable bonds is 6. The Bertz CT molecular complexity index is 886. The van der Waals surface area contributed by atoms with Gasteiger partial charge < -0.3 is 14.8 Å². The third kappa shape index (κ3) is 2.90. The van der Waals surface area contributed by atoms with E-state index in [4.69, 9.17) is 9.47 Å². The molecule has 0 fully saturated rings. The van der Waals surface area contributed by atoms with Gasteiger partial charge in [0.25, 0.3) is 0 Å². The summed E-state index contributed by atoms with van der Waals surface area (Å²) in [5, 5.41) is 7.95. The number of methoxy groups -OCH3 is 2. The molecule has 2 aromatic heterocycles. The van der Waals surface area contributed by atoms with Crippen LogP contribution in [0.15, 0.2) is 43.0 Å². The predicted octanol–water partition coefficient (Wildman–Crippen LogP) is 3.32. The molecule has 0 aliphatic rings. The fraction of sp³-hybridized carbons (Fsp3) is 0.222. The molecule has 24 heavy (non-hydrogen) atoms. The Labute approximate surface area is 140 Å². The summed E-state index contributed by atoms with van der Waals surface area (Å²) in [5.41, 5.74) is 3.46. The number of aryl methyl sites for hydroxylation is 1. The maximum Gasteiger partial charge on any atom is 0.161 e. The van der Waals surface area contributed by atoms with Crippen molar-refractivity contribution in [3.8, 4) is 22.8 Å². The Morgan fingerprint density at radius 3 is 2.67 bits per heavy atom. The summed E-state index contributed by atoms with van der Waals surface area (Å²) in [4.78, 5) is 4.55. The molecule has 6 heteroatoms. The van der Waals surface area contributed by atoms with E-state index in [1.165, 1.54) is 0 Å². The molecular formula is C18H20N4O2. The van der Waals surface area contributed by atoms with Crippen LogP contribution in [0.3, 0.4) is 0 Å². The molecule has 0 spiro atoms. The Morgan fingerprint density at radius 2 is 1.96 bits per heavy atom. The minimum Gasteiger partial charge on any atom is -0.493 e. The van der Waals surface area contributed by atoms with Gasteiger partial charge in [-0.3, -0.25) is 0 Å². The lowest BCUT2D eigenvalue weighted by Gasteiger charge is -2.08. The summed E-state index contributed by atoms with van der Waals surface area (Å²) in [5.74, 6) is 2.23. The molecule has 1 aromatic carbocycles. The number of anilines is 1. The lowest BCUT2D eigenvalue weighted by atomic mass is 10.1. The van der Waals surface area contributed by atoms with Crippen molar-refractivity contribution in [1.82, 2.24) is 14.6 Å². The highest BCUT2D eigenvalue weighted by atomic mass is 16.5. The zero-order chi connectivity index (χ0) is 17.1. The Morgan fingerprint density at radius 1 is 1.17 bits per heavy atom. The molecule has 0 unspecified atom stereocenters. The van der Waals surface area contributed by atoms with Crippen LogP contribution in [0.5, 0.6) is 11.5 Å². The van der Waals surface area contributed by atoms with Crippen LogP contribution in [-0.2, 0) is 0 Å². The van der Waals surface area contributed by atoms with Gasteiger partial charge in [-0.05, 0) is 25.1 Å². The van der Waals surface area contributed by atoms with Crippen molar-refractivity contribution in [2.75, 3.05) is 26.1 Å². The van der Waals surface area contributed by atoms with Crippen LogP contribution in [0.2, 0.25) is 0 Å². The van der Waals surface area contributed by atoms with Gasteiger partial charge in [-0.15, -0.1) is 6.58 Å². The van der Waals surface area contributed by atoms with Crippen molar-refractivity contribution in [2.24, 2.45) is 0 Å². The fourth-order valence-corrected chi connectivity index (χ4v) is 2.54. The first-order valence-electron chi connectivity index (χ1n) is 7.61. The van der Waals surface area contributed by atoms with Crippen LogP contribution < -0.4 is 14.8 Å². The van der Waals surface area contributed by atoms with Gasteiger partial charge in [0, 0.05) is 29.9 Å². The molecular weight excluding hydrogens is 304 g/mol. The fourth-order valence-electron chi connectivity index (χ4n) is 2.54. The van der Waals surface area contributed by atoms with E-state index in [2.05, 4.69) is 22.0 Å². The summed E-state index contributed by atoms with van der Waals surface area (Å²) < 4.78 is 12.4. The zero-order valence-corrected chi connectivity index (χ0v) is 14.0. The van der Waals surface area contributed by atoms with Gasteiger partial charge in [0.05, 0.1) is 19.9 Å². The molecule has 0 aliphatic heterocycles. The largest absolute Gasteiger partial charge is 0.493 e. The van der Waals surface area contributed by atoms with Crippen LogP contribution >= 0.6 is 0 Å². The number of nitrogens with one attached hydrogen (secondary N) is 1. The number of hydrogen-bond donors (Lipinski definition) is 1. The maximum absolute atomic E-state index is 5.37. The van der Waals surface area contributed by atoms with Gasteiger partial charge in [0.15, 0.2) is 17.1 Å². The summed E-state index contributed by atoms with van der Waals surface area (Å²) in [6.45, 7) is 6.35. The highest BCUT2D eigenvalue weighted by molar-refractivity contribution is 5.68. The van der Waals surface area contributed by atoms with E-state index in [1.54, 1.807) is 24.8 Å². The molecule has 0 saturated heterocycles. The number of fused-ring (bicyclic) bond motifs is 1. The van der Waals surface area contributed by atoms with Crippen LogP contribution in [0.4, 0.5) is 5.82 Å². The Kier molecular flexibility index (Phi) is 4.37. The SMILES string of the molecule is C=CCNc1cc(C)nc2cc(-c3ccc(OC)c(OC)c3)nn12. The van der Waals surface area contributed by atoms with E-state index < -0.39 is 0 Å². The number of hydrogen-bond acceptors (Lipinski definition) is 5. The predicted molar refractivity (Wildman–Crippen MR) is 95.0 cm³/mol. The highest BCUT2D eigenvalue weighted by Gasteiger charge is 2.12. The van der Waals surface area contributed by atoms with Gasteiger partial charge in [0.1, 0.15) is 5.82 Å². The topological polar surface area (TPSA) is 60.7 Å². The van der Waals surface area contributed by atoms with E-state index in [1.807, 2.05) is 37.3 Å². The first-order chi connectivity index (χ1) is 11.7. The number of nitrogens with zero attached hydrogens (tertiary/aromatic N) is 3. The summed E-state index contributed by atoms with van der Waals surface area (Å²) in [7, 11) is 3.24. The molecule has 0 bridgehead atoms. The van der Waals surface area contributed by atoms with Crippen molar-refractivity contribution < 1.29 is 9.47 Å². The average Bonchev–Trinajstić information content (AvgIpc) is 3.02. The maximum atomic E-state index is 5.37. The van der Waals surface area contributed by atoms with Gasteiger partial charge >= 0.3 is 0 Å². The van der Waals surface area contributed by atoms with Crippen LogP contribution in [0, 0.1) is 6.92 Å². The van der Waals surface area contributed by atoms with Gasteiger partial charge in [-0.25, -0.2) is 4.98 Å². The van der Waals surface area contributed by atoms with Crippen molar-refractivity contribution in [1.29, 1.82) is 0 Å². The van der Waals surface area contributed by atoms with Crippen molar-refractivity contribution in [2.45, 2.75) is 6.92 Å². The van der Waals surface area contributed by atoms with E-state index in [9.17, 15) is 0 Å². The molecule has 2 heterocycles. The molecule has 1 N–H and O–H groups in total. The van der Waals surface area contributed by atoms with Crippen LogP contribution in [0.1, 0.15) is 5.69 Å². The number of ether oxygens (including phenoxy) is 2. The Hall–Kier alpha value is -3.02. The van der Waals surface area contributed by atoms with E-state index in [0.717, 1.165) is 28.4 Å². The second kappa shape index (κ2) is 6.62. The number of benzene rings is 1. The lowest BCUT2D eigenvalue weighted by molar-refractivity contribution is 0.355. The molecule has 3 rings (SSSR count). The standard InChI is InChI=1S/C18H20N4O2/c1-5-8-19-17-9-12(2)20-18-11-14(21-22(17)18)13-6-7-15(23-3)16(10-13)24-4/h5-7,9-11,19H,1,8H2,2-4H3. The summed E-state index contributed by atoms with van der Waals surface area (Å²) >= 11 is 0. The third-order valence-electron chi connectivity index (χ3n) is 3.66. The van der Waals surface area contributed by atoms with Gasteiger partial charge in [-0.2, -0.15) is 9.61 Å². The van der Waals surface area contributed by atoms with E-state index >= 15 is 0 Å². The molecule has 0 aliphatic carbocycles. The summed E-state index contributed by atoms with van der Waals surface area (Å²) in [6.07, 6.45) is 1.81. The van der Waals surface area contributed by atoms with Gasteiger partial charge in [-0.1, -0.05) is 6.08 Å². The monoisotopic (exact) mass is 324 g/mol. The zero-order valence-electron chi connectivity index (χ0n) is 14.0. The normalized spacial score (nSPS) is 10.6. The molecule has 6 nitrogen and oxygen atoms in total. The smallest absolute Gasteiger partial charge is 0.161 e. The van der Waals surface area contributed by atoms with E-state index in [-0.39, 0.29) is 0 Å². The van der Waals surface area contributed by atoms with Crippen molar-refractivity contribution >= 4 is 11.5 Å². The first kappa shape index (κ1) is 15.9. The molecule has 0 saturated carbocycles. The van der Waals surface area contributed by atoms with Crippen molar-refractivity contribution in [3.63, 3.8) is 0 Å². The quantitative estimate of drug-likeness (QED) is 0.705. The average molecular weight is 324 g/mol. The number of aromatic nitrogens is 3. The third-order valence-corrected chi connectivity index (χ3v) is 3.66. The van der Waals surface area contributed by atoms with Crippen LogP contribution in [-0.4, -0.2) is 35.4 Å². The molecule has 124 valence electrons. The van der Waals surface area contributed by atoms with Crippen LogP contribution in [0.25, 0.3) is 16.9 Å². The van der Waals surface area contributed by atoms with Gasteiger partial charge in [0.2, 0.25) is 0 Å². The second-order valence-electron chi connectivity index (χ2n) is 5.32. The van der Waals surface area contributed by atoms with E-state index in [0.29, 0.717) is 18.0 Å². The van der Waals surface area contributed by atoms with Crippen molar-refractivity contribution in [3.05, 3.63) is 48.7 Å². The minimum atomic E-state index is 0.657. The molecule has 0 amide bonds. The molecule has 0 radical (unpaired) electrons. The minimum absolute atomic E-state index is 0.657. The first-order valence-corrected chi connectivity index (χ1v) is 7.61. The molecule has 0 atom stereocenters. The second-order valence-corrected chi connectivity index (χ2v) is 5.32. The lowest BCUT2D eigenvalue weighted by Crippen LogP contribution is -2.06.